The summed E-state index contributed by atoms with van der Waals surface area (Å²) in [6.07, 6.45) is 64.6. The molecule has 0 rings (SSSR count). The second-order valence-electron chi connectivity index (χ2n) is 14.0. The standard InChI is InChI=1S/C49H82O4/c1-3-5-7-9-11-13-15-17-19-21-22-23-24-25-26-27-28-29-30-32-34-36-38-40-42-44-49(51)53-48(46-50)47-52-45-43-41-39-37-35-33-31-20-18-16-14-12-10-8-6-4-2/h5,7,11,13,17-20,22-23,25-26,28-29,32,34,48,50H,3-4,6,8-10,12,14-16,21,24,27,30-31,33,35-47H2,1-2H3/b7-5-,13-11-,19-17-,20-18-,23-22-,26-25-,29-28-,34-32-. The van der Waals surface area contributed by atoms with Gasteiger partial charge in [0.1, 0.15) is 6.10 Å². The summed E-state index contributed by atoms with van der Waals surface area (Å²) in [6.45, 7) is 5.17. The van der Waals surface area contributed by atoms with Crippen LogP contribution in [-0.4, -0.2) is 37.0 Å². The van der Waals surface area contributed by atoms with E-state index >= 15 is 0 Å². The maximum Gasteiger partial charge on any atom is 0.306 e. The summed E-state index contributed by atoms with van der Waals surface area (Å²) >= 11 is 0. The van der Waals surface area contributed by atoms with Crippen LogP contribution < -0.4 is 0 Å². The Morgan fingerprint density at radius 2 is 0.849 bits per heavy atom. The summed E-state index contributed by atoms with van der Waals surface area (Å²) in [5, 5.41) is 9.60. The highest BCUT2D eigenvalue weighted by Gasteiger charge is 2.13. The van der Waals surface area contributed by atoms with Crippen LogP contribution in [0.5, 0.6) is 0 Å². The van der Waals surface area contributed by atoms with Crippen molar-refractivity contribution in [1.29, 1.82) is 0 Å². The second-order valence-corrected chi connectivity index (χ2v) is 14.0. The fourth-order valence-corrected chi connectivity index (χ4v) is 5.65. The third-order valence-electron chi connectivity index (χ3n) is 8.89. The van der Waals surface area contributed by atoms with Crippen LogP contribution in [0.3, 0.4) is 0 Å². The van der Waals surface area contributed by atoms with Crippen molar-refractivity contribution in [3.63, 3.8) is 0 Å². The normalized spacial score (nSPS) is 13.3. The summed E-state index contributed by atoms with van der Waals surface area (Å²) in [6, 6.07) is 0. The molecule has 0 amide bonds. The first-order valence-corrected chi connectivity index (χ1v) is 21.8. The van der Waals surface area contributed by atoms with Gasteiger partial charge in [0.25, 0.3) is 0 Å². The number of allylic oxidation sites excluding steroid dienone is 16. The zero-order valence-corrected chi connectivity index (χ0v) is 34.5. The molecule has 1 unspecified atom stereocenters. The van der Waals surface area contributed by atoms with Crippen LogP contribution in [0.2, 0.25) is 0 Å². The molecule has 53 heavy (non-hydrogen) atoms. The topological polar surface area (TPSA) is 55.8 Å². The maximum atomic E-state index is 12.2. The van der Waals surface area contributed by atoms with E-state index < -0.39 is 6.10 Å². The van der Waals surface area contributed by atoms with E-state index in [0.29, 0.717) is 13.0 Å². The van der Waals surface area contributed by atoms with Gasteiger partial charge in [0, 0.05) is 13.0 Å². The number of carbonyl (C=O) groups is 1. The summed E-state index contributed by atoms with van der Waals surface area (Å²) in [7, 11) is 0. The summed E-state index contributed by atoms with van der Waals surface area (Å²) in [5.41, 5.74) is 0. The Labute approximate surface area is 328 Å². The molecular weight excluding hydrogens is 653 g/mol. The van der Waals surface area contributed by atoms with Crippen molar-refractivity contribution in [3.05, 3.63) is 97.2 Å². The van der Waals surface area contributed by atoms with E-state index in [2.05, 4.69) is 111 Å². The van der Waals surface area contributed by atoms with Crippen LogP contribution in [0, 0.1) is 0 Å². The Morgan fingerprint density at radius 3 is 1.30 bits per heavy atom. The maximum absolute atomic E-state index is 12.2. The average Bonchev–Trinajstić information content (AvgIpc) is 3.16. The lowest BCUT2D eigenvalue weighted by molar-refractivity contribution is -0.154. The third-order valence-corrected chi connectivity index (χ3v) is 8.89. The van der Waals surface area contributed by atoms with E-state index in [0.717, 1.165) is 83.5 Å². The molecule has 0 aliphatic carbocycles. The zero-order chi connectivity index (χ0) is 38.4. The van der Waals surface area contributed by atoms with Gasteiger partial charge in [0.05, 0.1) is 13.2 Å². The van der Waals surface area contributed by atoms with Crippen LogP contribution in [0.25, 0.3) is 0 Å². The number of aliphatic hydroxyl groups excluding tert-OH is 1. The van der Waals surface area contributed by atoms with Crippen molar-refractivity contribution in [1.82, 2.24) is 0 Å². The van der Waals surface area contributed by atoms with Gasteiger partial charge >= 0.3 is 5.97 Å². The molecular formula is C49H82O4. The van der Waals surface area contributed by atoms with Crippen molar-refractivity contribution in [3.8, 4) is 0 Å². The molecule has 0 saturated heterocycles. The van der Waals surface area contributed by atoms with Gasteiger partial charge in [-0.2, -0.15) is 0 Å². The molecule has 0 aromatic heterocycles. The van der Waals surface area contributed by atoms with Crippen molar-refractivity contribution in [2.75, 3.05) is 19.8 Å². The molecule has 0 saturated carbocycles. The molecule has 0 aromatic rings. The minimum atomic E-state index is -0.562. The van der Waals surface area contributed by atoms with Crippen molar-refractivity contribution in [2.45, 2.75) is 187 Å². The van der Waals surface area contributed by atoms with E-state index in [9.17, 15) is 9.90 Å². The highest BCUT2D eigenvalue weighted by atomic mass is 16.6. The molecule has 0 aromatic carbocycles. The molecule has 1 atom stereocenters. The Kier molecular flexibility index (Phi) is 43.2. The number of esters is 1. The average molecular weight is 735 g/mol. The molecule has 4 nitrogen and oxygen atoms in total. The third kappa shape index (κ3) is 43.6. The van der Waals surface area contributed by atoms with Crippen LogP contribution in [0.4, 0.5) is 0 Å². The molecule has 0 aliphatic heterocycles. The van der Waals surface area contributed by atoms with Crippen molar-refractivity contribution >= 4 is 5.97 Å². The molecule has 0 aliphatic rings. The minimum Gasteiger partial charge on any atom is -0.457 e. The predicted molar refractivity (Wildman–Crippen MR) is 232 cm³/mol. The fraction of sp³-hybridized carbons (Fsp3) is 0.653. The first-order valence-electron chi connectivity index (χ1n) is 21.8. The van der Waals surface area contributed by atoms with Crippen LogP contribution >= 0.6 is 0 Å². The summed E-state index contributed by atoms with van der Waals surface area (Å²) in [4.78, 5) is 12.2. The number of rotatable bonds is 39. The lowest BCUT2D eigenvalue weighted by Gasteiger charge is -2.15. The quantitative estimate of drug-likeness (QED) is 0.0388. The molecule has 302 valence electrons. The molecule has 1 N–H and O–H groups in total. The molecule has 0 radical (unpaired) electrons. The minimum absolute atomic E-state index is 0.194. The number of hydrogen-bond acceptors (Lipinski definition) is 4. The number of ether oxygens (including phenoxy) is 2. The Hall–Kier alpha value is -2.69. The fourth-order valence-electron chi connectivity index (χ4n) is 5.65. The highest BCUT2D eigenvalue weighted by molar-refractivity contribution is 5.69. The Balaban J connectivity index is 3.59. The van der Waals surface area contributed by atoms with Crippen LogP contribution in [0.15, 0.2) is 97.2 Å². The number of unbranched alkanes of at least 4 members (excludes halogenated alkanes) is 15. The SMILES string of the molecule is CC/C=C\C/C=C\C/C=C\C/C=C\C/C=C\C/C=C\C/C=C\CCCCCC(=O)OC(CO)COCCCCCCCC/C=C\CCCCCCCC. The molecule has 0 fully saturated rings. The number of hydrogen-bond donors (Lipinski definition) is 1. The van der Waals surface area contributed by atoms with Crippen LogP contribution in [-0.2, 0) is 14.3 Å². The van der Waals surface area contributed by atoms with Gasteiger partial charge in [0.2, 0.25) is 0 Å². The Bertz CT molecular complexity index is 996. The van der Waals surface area contributed by atoms with E-state index in [4.69, 9.17) is 9.47 Å². The van der Waals surface area contributed by atoms with Gasteiger partial charge in [-0.25, -0.2) is 0 Å². The van der Waals surface area contributed by atoms with Gasteiger partial charge in [0.15, 0.2) is 0 Å². The number of carbonyl (C=O) groups excluding carboxylic acids is 1. The molecule has 0 heterocycles. The molecule has 4 heteroatoms. The van der Waals surface area contributed by atoms with Gasteiger partial charge in [-0.3, -0.25) is 4.79 Å². The second kappa shape index (κ2) is 45.5. The molecule has 0 spiro atoms. The molecule has 0 bridgehead atoms. The van der Waals surface area contributed by atoms with Crippen molar-refractivity contribution in [2.24, 2.45) is 0 Å². The van der Waals surface area contributed by atoms with Gasteiger partial charge in [-0.1, -0.05) is 175 Å². The van der Waals surface area contributed by atoms with Crippen molar-refractivity contribution < 1.29 is 19.4 Å². The number of aliphatic hydroxyl groups is 1. The Morgan fingerprint density at radius 1 is 0.472 bits per heavy atom. The van der Waals surface area contributed by atoms with E-state index in [-0.39, 0.29) is 19.2 Å². The summed E-state index contributed by atoms with van der Waals surface area (Å²) in [5.74, 6) is -0.238. The van der Waals surface area contributed by atoms with E-state index in [1.165, 1.54) is 77.0 Å². The predicted octanol–water partition coefficient (Wildman–Crippen LogP) is 14.5. The largest absolute Gasteiger partial charge is 0.457 e. The first-order chi connectivity index (χ1) is 26.2. The van der Waals surface area contributed by atoms with Crippen LogP contribution in [0.1, 0.15) is 181 Å². The smallest absolute Gasteiger partial charge is 0.306 e. The monoisotopic (exact) mass is 735 g/mol. The van der Waals surface area contributed by atoms with E-state index in [1.54, 1.807) is 0 Å². The van der Waals surface area contributed by atoms with Gasteiger partial charge in [-0.05, 0) is 96.3 Å². The summed E-state index contributed by atoms with van der Waals surface area (Å²) < 4.78 is 11.1. The first kappa shape index (κ1) is 50.3. The lowest BCUT2D eigenvalue weighted by Crippen LogP contribution is -2.27. The highest BCUT2D eigenvalue weighted by Crippen LogP contribution is 2.11. The van der Waals surface area contributed by atoms with Gasteiger partial charge in [-0.15, -0.1) is 0 Å². The van der Waals surface area contributed by atoms with Gasteiger partial charge < -0.3 is 14.6 Å². The zero-order valence-electron chi connectivity index (χ0n) is 34.5. The lowest BCUT2D eigenvalue weighted by atomic mass is 10.1. The van der Waals surface area contributed by atoms with E-state index in [1.807, 2.05) is 0 Å².